The van der Waals surface area contributed by atoms with E-state index in [-0.39, 0.29) is 34.1 Å². The predicted octanol–water partition coefficient (Wildman–Crippen LogP) is 2.24. The van der Waals surface area contributed by atoms with E-state index < -0.39 is 15.8 Å². The van der Waals surface area contributed by atoms with Gasteiger partial charge in [-0.15, -0.1) is 0 Å². The van der Waals surface area contributed by atoms with E-state index in [1.165, 1.54) is 4.31 Å². The van der Waals surface area contributed by atoms with Crippen molar-refractivity contribution in [3.05, 3.63) is 22.4 Å². The van der Waals surface area contributed by atoms with Gasteiger partial charge in [-0.05, 0) is 40.9 Å². The van der Waals surface area contributed by atoms with Crippen LogP contribution in [0.3, 0.4) is 0 Å². The Morgan fingerprint density at radius 1 is 1.50 bits per heavy atom. The zero-order valence-electron chi connectivity index (χ0n) is 10.5. The van der Waals surface area contributed by atoms with Crippen LogP contribution in [-0.4, -0.2) is 25.3 Å². The largest absolute Gasteiger partial charge is 0.396 e. The highest BCUT2D eigenvalue weighted by Gasteiger charge is 2.38. The van der Waals surface area contributed by atoms with E-state index in [4.69, 9.17) is 11.0 Å². The minimum absolute atomic E-state index is 0.0683. The van der Waals surface area contributed by atoms with E-state index >= 15 is 0 Å². The molecule has 0 aliphatic heterocycles. The molecule has 0 aromatic heterocycles. The van der Waals surface area contributed by atoms with Gasteiger partial charge in [-0.3, -0.25) is 0 Å². The Morgan fingerprint density at radius 2 is 2.15 bits per heavy atom. The van der Waals surface area contributed by atoms with Crippen molar-refractivity contribution in [3.8, 4) is 6.07 Å². The van der Waals surface area contributed by atoms with Crippen molar-refractivity contribution in [2.75, 3.05) is 12.3 Å². The van der Waals surface area contributed by atoms with E-state index in [1.807, 2.05) is 6.07 Å². The molecular weight excluding hydrogens is 349 g/mol. The summed E-state index contributed by atoms with van der Waals surface area (Å²) in [6.07, 6.45) is 1.67. The third kappa shape index (κ3) is 2.95. The summed E-state index contributed by atoms with van der Waals surface area (Å²) < 4.78 is 40.0. The van der Waals surface area contributed by atoms with E-state index in [0.29, 0.717) is 0 Å². The van der Waals surface area contributed by atoms with Gasteiger partial charge < -0.3 is 5.73 Å². The van der Waals surface area contributed by atoms with Crippen LogP contribution in [0.5, 0.6) is 0 Å². The maximum absolute atomic E-state index is 13.3. The van der Waals surface area contributed by atoms with E-state index in [9.17, 15) is 12.8 Å². The predicted molar refractivity (Wildman–Crippen MR) is 75.7 cm³/mol. The summed E-state index contributed by atoms with van der Waals surface area (Å²) in [5.41, 5.74) is 5.23. The number of nitrogen functional groups attached to an aromatic ring is 1. The fraction of sp³-hybridized carbons (Fsp3) is 0.417. The molecule has 0 spiro atoms. The molecule has 0 saturated heterocycles. The van der Waals surface area contributed by atoms with Crippen LogP contribution in [0.2, 0.25) is 0 Å². The molecule has 1 aliphatic rings. The Labute approximate surface area is 125 Å². The fourth-order valence-corrected chi connectivity index (χ4v) is 4.59. The summed E-state index contributed by atoms with van der Waals surface area (Å²) in [4.78, 5) is -0.0683. The maximum Gasteiger partial charge on any atom is 0.244 e. The Kier molecular flexibility index (Phi) is 4.32. The quantitative estimate of drug-likeness (QED) is 0.814. The second-order valence-electron chi connectivity index (χ2n) is 4.56. The van der Waals surface area contributed by atoms with Crippen molar-refractivity contribution in [2.24, 2.45) is 0 Å². The van der Waals surface area contributed by atoms with E-state index in [2.05, 4.69) is 15.9 Å². The monoisotopic (exact) mass is 361 g/mol. The Bertz CT molecular complexity index is 668. The van der Waals surface area contributed by atoms with Crippen LogP contribution in [0.15, 0.2) is 21.5 Å². The Balaban J connectivity index is 2.43. The van der Waals surface area contributed by atoms with Gasteiger partial charge in [0.05, 0.1) is 16.7 Å². The zero-order chi connectivity index (χ0) is 14.9. The summed E-state index contributed by atoms with van der Waals surface area (Å²) >= 11 is 3.06. The third-order valence-corrected chi connectivity index (χ3v) is 5.95. The molecule has 0 bridgehead atoms. The summed E-state index contributed by atoms with van der Waals surface area (Å²) in [5, 5.41) is 8.64. The first-order valence-corrected chi connectivity index (χ1v) is 8.24. The number of halogens is 2. The van der Waals surface area contributed by atoms with Crippen LogP contribution >= 0.6 is 15.9 Å². The molecule has 1 fully saturated rings. The number of anilines is 1. The second kappa shape index (κ2) is 5.68. The standard InChI is InChI=1S/C12H13BrFN3O2S/c13-9-6-10(14)11(16)7-12(9)20(18,19)17(5-1-4-15)8-2-3-8/h6-8H,1-3,5,16H2. The van der Waals surface area contributed by atoms with Crippen LogP contribution < -0.4 is 5.73 Å². The van der Waals surface area contributed by atoms with Gasteiger partial charge >= 0.3 is 0 Å². The average Bonchev–Trinajstić information content (AvgIpc) is 3.18. The molecule has 2 N–H and O–H groups in total. The topological polar surface area (TPSA) is 87.2 Å². The first kappa shape index (κ1) is 15.2. The van der Waals surface area contributed by atoms with Crippen LogP contribution in [0.25, 0.3) is 0 Å². The average molecular weight is 362 g/mol. The molecule has 5 nitrogen and oxygen atoms in total. The molecule has 8 heteroatoms. The first-order valence-electron chi connectivity index (χ1n) is 6.01. The number of hydrogen-bond acceptors (Lipinski definition) is 4. The first-order chi connectivity index (χ1) is 9.37. The normalized spacial score (nSPS) is 15.3. The zero-order valence-corrected chi connectivity index (χ0v) is 12.9. The molecular formula is C12H13BrFN3O2S. The van der Waals surface area contributed by atoms with E-state index in [0.717, 1.165) is 25.0 Å². The molecule has 0 atom stereocenters. The molecule has 108 valence electrons. The minimum atomic E-state index is -3.79. The fourth-order valence-electron chi connectivity index (χ4n) is 1.89. The summed E-state index contributed by atoms with van der Waals surface area (Å²) in [7, 11) is -3.79. The highest BCUT2D eigenvalue weighted by Crippen LogP contribution is 2.35. The van der Waals surface area contributed by atoms with Gasteiger partial charge in [0.15, 0.2) is 0 Å². The van der Waals surface area contributed by atoms with Gasteiger partial charge in [0, 0.05) is 23.5 Å². The molecule has 0 unspecified atom stereocenters. The SMILES string of the molecule is N#CCCN(C1CC1)S(=O)(=O)c1cc(N)c(F)cc1Br. The lowest BCUT2D eigenvalue weighted by atomic mass is 10.3. The highest BCUT2D eigenvalue weighted by molar-refractivity contribution is 9.10. The van der Waals surface area contributed by atoms with Gasteiger partial charge in [-0.25, -0.2) is 12.8 Å². The van der Waals surface area contributed by atoms with Gasteiger partial charge in [-0.1, -0.05) is 0 Å². The molecule has 1 aliphatic carbocycles. The van der Waals surface area contributed by atoms with Crippen LogP contribution in [0.1, 0.15) is 19.3 Å². The number of benzene rings is 1. The van der Waals surface area contributed by atoms with Crippen molar-refractivity contribution in [1.82, 2.24) is 4.31 Å². The summed E-state index contributed by atoms with van der Waals surface area (Å²) in [6, 6.07) is 4.01. The second-order valence-corrected chi connectivity index (χ2v) is 7.27. The molecule has 0 heterocycles. The van der Waals surface area contributed by atoms with Crippen LogP contribution in [0.4, 0.5) is 10.1 Å². The number of nitrogens with zero attached hydrogens (tertiary/aromatic N) is 2. The molecule has 0 radical (unpaired) electrons. The lowest BCUT2D eigenvalue weighted by Crippen LogP contribution is -2.34. The van der Waals surface area contributed by atoms with Crippen molar-refractivity contribution in [3.63, 3.8) is 0 Å². The van der Waals surface area contributed by atoms with Crippen molar-refractivity contribution in [2.45, 2.75) is 30.2 Å². The number of rotatable bonds is 5. The molecule has 1 aromatic rings. The third-order valence-electron chi connectivity index (χ3n) is 3.04. The van der Waals surface area contributed by atoms with E-state index in [1.54, 1.807) is 0 Å². The number of sulfonamides is 1. The van der Waals surface area contributed by atoms with Gasteiger partial charge in [-0.2, -0.15) is 9.57 Å². The number of nitrogens with two attached hydrogens (primary N) is 1. The smallest absolute Gasteiger partial charge is 0.244 e. The number of hydrogen-bond donors (Lipinski definition) is 1. The lowest BCUT2D eigenvalue weighted by molar-refractivity contribution is 0.410. The molecule has 1 aromatic carbocycles. The number of nitriles is 1. The van der Waals surface area contributed by atoms with Gasteiger partial charge in [0.2, 0.25) is 10.0 Å². The van der Waals surface area contributed by atoms with Gasteiger partial charge in [0.1, 0.15) is 5.82 Å². The Morgan fingerprint density at radius 3 is 2.70 bits per heavy atom. The van der Waals surface area contributed by atoms with Gasteiger partial charge in [0.25, 0.3) is 0 Å². The van der Waals surface area contributed by atoms with Crippen LogP contribution in [-0.2, 0) is 10.0 Å². The molecule has 20 heavy (non-hydrogen) atoms. The van der Waals surface area contributed by atoms with Crippen LogP contribution in [0, 0.1) is 17.1 Å². The van der Waals surface area contributed by atoms with Crippen molar-refractivity contribution >= 4 is 31.6 Å². The Hall–Kier alpha value is -1.17. The van der Waals surface area contributed by atoms with Crippen molar-refractivity contribution < 1.29 is 12.8 Å². The lowest BCUT2D eigenvalue weighted by Gasteiger charge is -2.21. The minimum Gasteiger partial charge on any atom is -0.396 e. The molecule has 1 saturated carbocycles. The highest BCUT2D eigenvalue weighted by atomic mass is 79.9. The summed E-state index contributed by atoms with van der Waals surface area (Å²) in [5.74, 6) is -0.675. The molecule has 0 amide bonds. The van der Waals surface area contributed by atoms with Crippen molar-refractivity contribution in [1.29, 1.82) is 5.26 Å². The summed E-state index contributed by atoms with van der Waals surface area (Å²) in [6.45, 7) is 0.132. The molecule has 2 rings (SSSR count). The maximum atomic E-state index is 13.3.